The van der Waals surface area contributed by atoms with Crippen molar-refractivity contribution >= 4 is 22.3 Å². The molecule has 0 aliphatic carbocycles. The van der Waals surface area contributed by atoms with Crippen LogP contribution in [0.4, 0.5) is 11.4 Å². The molecule has 3 rings (SSSR count). The lowest BCUT2D eigenvalue weighted by Crippen LogP contribution is -2.22. The Bertz CT molecular complexity index is 917. The quantitative estimate of drug-likeness (QED) is 0.605. The zero-order chi connectivity index (χ0) is 18.7. The second-order valence-corrected chi connectivity index (χ2v) is 6.71. The molecular formula is C22H27N3O. The first-order valence-electron chi connectivity index (χ1n) is 9.19. The van der Waals surface area contributed by atoms with Crippen molar-refractivity contribution in [1.29, 1.82) is 0 Å². The molecule has 0 radical (unpaired) electrons. The van der Waals surface area contributed by atoms with Gasteiger partial charge < -0.3 is 10.4 Å². The van der Waals surface area contributed by atoms with Crippen LogP contribution < -0.4 is 5.32 Å². The molecular weight excluding hydrogens is 322 g/mol. The van der Waals surface area contributed by atoms with Gasteiger partial charge in [-0.05, 0) is 62.3 Å². The van der Waals surface area contributed by atoms with E-state index in [2.05, 4.69) is 55.0 Å². The van der Waals surface area contributed by atoms with Crippen molar-refractivity contribution in [3.63, 3.8) is 0 Å². The van der Waals surface area contributed by atoms with E-state index in [9.17, 15) is 5.11 Å². The zero-order valence-electron chi connectivity index (χ0n) is 16.0. The third-order valence-corrected chi connectivity index (χ3v) is 4.95. The first-order valence-corrected chi connectivity index (χ1v) is 9.19. The van der Waals surface area contributed by atoms with Crippen molar-refractivity contribution in [2.75, 3.05) is 18.4 Å². The first-order chi connectivity index (χ1) is 12.5. The molecule has 0 unspecified atom stereocenters. The second-order valence-electron chi connectivity index (χ2n) is 6.71. The van der Waals surface area contributed by atoms with E-state index >= 15 is 0 Å². The van der Waals surface area contributed by atoms with Crippen molar-refractivity contribution in [3.8, 4) is 5.75 Å². The predicted octanol–water partition coefficient (Wildman–Crippen LogP) is 5.14. The van der Waals surface area contributed by atoms with Gasteiger partial charge in [-0.3, -0.25) is 9.88 Å². The predicted molar refractivity (Wildman–Crippen MR) is 109 cm³/mol. The molecule has 4 nitrogen and oxygen atoms in total. The summed E-state index contributed by atoms with van der Waals surface area (Å²) in [6.07, 6.45) is 1.84. The summed E-state index contributed by atoms with van der Waals surface area (Å²) >= 11 is 0. The van der Waals surface area contributed by atoms with E-state index in [-0.39, 0.29) is 0 Å². The molecule has 0 spiro atoms. The van der Waals surface area contributed by atoms with Crippen molar-refractivity contribution in [2.24, 2.45) is 0 Å². The number of fused-ring (bicyclic) bond motifs is 1. The van der Waals surface area contributed by atoms with Gasteiger partial charge >= 0.3 is 0 Å². The maximum absolute atomic E-state index is 10.2. The number of aromatic nitrogens is 1. The summed E-state index contributed by atoms with van der Waals surface area (Å²) in [7, 11) is 0. The standard InChI is InChI=1S/C22H27N3O/c1-5-25(6-2)14-17-13-18(9-10-20(17)26)24-19-11-12-23-22-16(4)8-7-15(3)21(19)22/h7-13,26H,5-6,14H2,1-4H3,(H,23,24). The highest BCUT2D eigenvalue weighted by Crippen LogP contribution is 2.31. The van der Waals surface area contributed by atoms with E-state index in [1.165, 1.54) is 11.1 Å². The Hall–Kier alpha value is -2.59. The molecule has 0 fully saturated rings. The maximum Gasteiger partial charge on any atom is 0.120 e. The van der Waals surface area contributed by atoms with Gasteiger partial charge in [0.05, 0.1) is 5.52 Å². The summed E-state index contributed by atoms with van der Waals surface area (Å²) in [6.45, 7) is 11.1. The van der Waals surface area contributed by atoms with Gasteiger partial charge in [0.1, 0.15) is 5.75 Å². The number of pyridine rings is 1. The number of nitrogens with zero attached hydrogens (tertiary/aromatic N) is 2. The molecule has 0 aliphatic heterocycles. The van der Waals surface area contributed by atoms with Gasteiger partial charge in [0.15, 0.2) is 0 Å². The number of aryl methyl sites for hydroxylation is 2. The largest absolute Gasteiger partial charge is 0.508 e. The summed E-state index contributed by atoms with van der Waals surface area (Å²) < 4.78 is 0. The van der Waals surface area contributed by atoms with Crippen LogP contribution in [0.1, 0.15) is 30.5 Å². The van der Waals surface area contributed by atoms with Crippen molar-refractivity contribution < 1.29 is 5.11 Å². The fraction of sp³-hybridized carbons (Fsp3) is 0.318. The molecule has 3 aromatic rings. The zero-order valence-corrected chi connectivity index (χ0v) is 16.0. The lowest BCUT2D eigenvalue weighted by atomic mass is 10.0. The van der Waals surface area contributed by atoms with Gasteiger partial charge in [0.2, 0.25) is 0 Å². The molecule has 26 heavy (non-hydrogen) atoms. The van der Waals surface area contributed by atoms with Crippen LogP contribution in [0.25, 0.3) is 10.9 Å². The van der Waals surface area contributed by atoms with Gasteiger partial charge in [0.25, 0.3) is 0 Å². The normalized spacial score (nSPS) is 11.3. The number of phenols is 1. The Balaban J connectivity index is 1.97. The summed E-state index contributed by atoms with van der Waals surface area (Å²) in [4.78, 5) is 6.84. The van der Waals surface area contributed by atoms with Crippen molar-refractivity contribution in [1.82, 2.24) is 9.88 Å². The van der Waals surface area contributed by atoms with Crippen LogP contribution in [-0.2, 0) is 6.54 Å². The van der Waals surface area contributed by atoms with Crippen LogP contribution >= 0.6 is 0 Å². The van der Waals surface area contributed by atoms with E-state index in [4.69, 9.17) is 0 Å². The smallest absolute Gasteiger partial charge is 0.120 e. The van der Waals surface area contributed by atoms with Gasteiger partial charge in [-0.15, -0.1) is 0 Å². The van der Waals surface area contributed by atoms with Crippen molar-refractivity contribution in [2.45, 2.75) is 34.2 Å². The number of anilines is 2. The monoisotopic (exact) mass is 349 g/mol. The third-order valence-electron chi connectivity index (χ3n) is 4.95. The Morgan fingerprint density at radius 2 is 1.73 bits per heavy atom. The lowest BCUT2D eigenvalue weighted by Gasteiger charge is -2.19. The van der Waals surface area contributed by atoms with Crippen molar-refractivity contribution in [3.05, 3.63) is 59.3 Å². The van der Waals surface area contributed by atoms with Crippen LogP contribution in [0.3, 0.4) is 0 Å². The highest BCUT2D eigenvalue weighted by Gasteiger charge is 2.10. The number of phenolic OH excluding ortho intramolecular Hbond substituents is 1. The Labute approximate surface area is 155 Å². The third kappa shape index (κ3) is 3.65. The Morgan fingerprint density at radius 1 is 1.00 bits per heavy atom. The number of rotatable bonds is 6. The van der Waals surface area contributed by atoms with Gasteiger partial charge in [-0.1, -0.05) is 26.0 Å². The Kier molecular flexibility index (Phi) is 5.43. The molecule has 1 aromatic heterocycles. The molecule has 4 heteroatoms. The number of nitrogens with one attached hydrogen (secondary N) is 1. The van der Waals surface area contributed by atoms with E-state index in [0.717, 1.165) is 47.5 Å². The molecule has 2 N–H and O–H groups in total. The van der Waals surface area contributed by atoms with E-state index in [1.54, 1.807) is 6.07 Å². The SMILES string of the molecule is CCN(CC)Cc1cc(Nc2ccnc3c(C)ccc(C)c23)ccc1O. The number of benzene rings is 2. The average molecular weight is 349 g/mol. The summed E-state index contributed by atoms with van der Waals surface area (Å²) in [6, 6.07) is 12.0. The first kappa shape index (κ1) is 18.2. The molecule has 1 heterocycles. The number of hydrogen-bond acceptors (Lipinski definition) is 4. The topological polar surface area (TPSA) is 48.4 Å². The molecule has 0 amide bonds. The van der Waals surface area contributed by atoms with Crippen LogP contribution in [-0.4, -0.2) is 28.1 Å². The van der Waals surface area contributed by atoms with Crippen LogP contribution in [0.15, 0.2) is 42.6 Å². The van der Waals surface area contributed by atoms with Crippen LogP contribution in [0.5, 0.6) is 5.75 Å². The van der Waals surface area contributed by atoms with Gasteiger partial charge in [-0.2, -0.15) is 0 Å². The summed E-state index contributed by atoms with van der Waals surface area (Å²) in [5.74, 6) is 0.342. The van der Waals surface area contributed by atoms with Crippen LogP contribution in [0.2, 0.25) is 0 Å². The fourth-order valence-electron chi connectivity index (χ4n) is 3.31. The fourth-order valence-corrected chi connectivity index (χ4v) is 3.31. The molecule has 0 aliphatic rings. The molecule has 0 saturated carbocycles. The molecule has 0 saturated heterocycles. The summed E-state index contributed by atoms with van der Waals surface area (Å²) in [5, 5.41) is 14.9. The van der Waals surface area contributed by atoms with Gasteiger partial charge in [0, 0.05) is 35.1 Å². The van der Waals surface area contributed by atoms with Gasteiger partial charge in [-0.25, -0.2) is 0 Å². The number of aromatic hydroxyl groups is 1. The second kappa shape index (κ2) is 7.75. The van der Waals surface area contributed by atoms with E-state index in [1.807, 2.05) is 24.4 Å². The lowest BCUT2D eigenvalue weighted by molar-refractivity contribution is 0.291. The highest BCUT2D eigenvalue weighted by molar-refractivity contribution is 5.97. The van der Waals surface area contributed by atoms with E-state index in [0.29, 0.717) is 5.75 Å². The average Bonchev–Trinajstić information content (AvgIpc) is 2.65. The molecule has 0 bridgehead atoms. The minimum Gasteiger partial charge on any atom is -0.508 e. The van der Waals surface area contributed by atoms with Crippen LogP contribution in [0, 0.1) is 13.8 Å². The minimum absolute atomic E-state index is 0.342. The minimum atomic E-state index is 0.342. The maximum atomic E-state index is 10.2. The molecule has 0 atom stereocenters. The molecule has 136 valence electrons. The number of hydrogen-bond donors (Lipinski definition) is 2. The highest BCUT2D eigenvalue weighted by atomic mass is 16.3. The van der Waals surface area contributed by atoms with E-state index < -0.39 is 0 Å². The summed E-state index contributed by atoms with van der Waals surface area (Å²) in [5.41, 5.74) is 6.33. The molecule has 2 aromatic carbocycles. The Morgan fingerprint density at radius 3 is 2.46 bits per heavy atom.